The number of carboxylic acids is 1. The summed E-state index contributed by atoms with van der Waals surface area (Å²) in [6, 6.07) is 8.04. The van der Waals surface area contributed by atoms with Gasteiger partial charge in [-0.25, -0.2) is 4.79 Å². The Bertz CT molecular complexity index is 601. The number of benzene rings is 1. The average Bonchev–Trinajstić information content (AvgIpc) is 2.74. The second-order valence-electron chi connectivity index (χ2n) is 4.55. The summed E-state index contributed by atoms with van der Waals surface area (Å²) in [6.07, 6.45) is 8.23. The van der Waals surface area contributed by atoms with E-state index in [-0.39, 0.29) is 11.8 Å². The van der Waals surface area contributed by atoms with E-state index in [1.165, 1.54) is 5.56 Å². The van der Waals surface area contributed by atoms with Crippen LogP contribution in [0, 0.1) is 5.92 Å². The van der Waals surface area contributed by atoms with Crippen LogP contribution in [-0.4, -0.2) is 23.4 Å². The van der Waals surface area contributed by atoms with E-state index >= 15 is 0 Å². The highest BCUT2D eigenvalue weighted by Crippen LogP contribution is 2.41. The van der Waals surface area contributed by atoms with E-state index in [0.717, 1.165) is 11.3 Å². The summed E-state index contributed by atoms with van der Waals surface area (Å²) >= 11 is 0. The van der Waals surface area contributed by atoms with Gasteiger partial charge >= 0.3 is 5.97 Å². The summed E-state index contributed by atoms with van der Waals surface area (Å²) in [6.45, 7) is -0.414. The van der Waals surface area contributed by atoms with Gasteiger partial charge in [-0.15, -0.1) is 0 Å². The SMILES string of the molecule is O=C(O)CO/N=C1\c2ccccc2[C@H]2C=CC=C[C@H]12. The molecular formula is C15H13NO3. The van der Waals surface area contributed by atoms with Crippen molar-refractivity contribution in [1.82, 2.24) is 0 Å². The lowest BCUT2D eigenvalue weighted by Gasteiger charge is -2.15. The van der Waals surface area contributed by atoms with Crippen LogP contribution in [0.25, 0.3) is 0 Å². The maximum Gasteiger partial charge on any atom is 0.344 e. The topological polar surface area (TPSA) is 58.9 Å². The first kappa shape index (κ1) is 11.7. The van der Waals surface area contributed by atoms with E-state index in [4.69, 9.17) is 9.94 Å². The lowest BCUT2D eigenvalue weighted by molar-refractivity contribution is -0.142. The third kappa shape index (κ3) is 2.05. The fourth-order valence-corrected chi connectivity index (χ4v) is 2.63. The smallest absolute Gasteiger partial charge is 0.344 e. The van der Waals surface area contributed by atoms with E-state index in [2.05, 4.69) is 23.4 Å². The van der Waals surface area contributed by atoms with E-state index in [9.17, 15) is 4.79 Å². The fraction of sp³-hybridized carbons (Fsp3) is 0.200. The second-order valence-corrected chi connectivity index (χ2v) is 4.55. The van der Waals surface area contributed by atoms with Gasteiger partial charge in [0, 0.05) is 17.4 Å². The minimum atomic E-state index is -1.02. The summed E-state index contributed by atoms with van der Waals surface area (Å²) in [4.78, 5) is 15.4. The molecule has 2 atom stereocenters. The van der Waals surface area contributed by atoms with Gasteiger partial charge in [-0.3, -0.25) is 0 Å². The Morgan fingerprint density at radius 2 is 1.95 bits per heavy atom. The number of aliphatic carboxylic acids is 1. The molecule has 2 aliphatic carbocycles. The number of allylic oxidation sites excluding steroid dienone is 4. The average molecular weight is 255 g/mol. The Morgan fingerprint density at radius 1 is 1.21 bits per heavy atom. The molecule has 96 valence electrons. The number of carboxylic acid groups (broad SMARTS) is 1. The number of nitrogens with zero attached hydrogens (tertiary/aromatic N) is 1. The molecule has 4 heteroatoms. The summed E-state index contributed by atoms with van der Waals surface area (Å²) < 4.78 is 0. The van der Waals surface area contributed by atoms with Crippen LogP contribution in [0.4, 0.5) is 0 Å². The van der Waals surface area contributed by atoms with Crippen molar-refractivity contribution < 1.29 is 14.7 Å². The van der Waals surface area contributed by atoms with Gasteiger partial charge < -0.3 is 9.94 Å². The molecule has 2 aliphatic rings. The highest BCUT2D eigenvalue weighted by Gasteiger charge is 2.36. The quantitative estimate of drug-likeness (QED) is 0.843. The highest BCUT2D eigenvalue weighted by molar-refractivity contribution is 6.08. The Morgan fingerprint density at radius 3 is 2.74 bits per heavy atom. The third-order valence-electron chi connectivity index (χ3n) is 3.40. The summed E-state index contributed by atoms with van der Waals surface area (Å²) in [5, 5.41) is 12.6. The Labute approximate surface area is 110 Å². The van der Waals surface area contributed by atoms with Gasteiger partial charge in [0.25, 0.3) is 0 Å². The number of carbonyl (C=O) groups is 1. The van der Waals surface area contributed by atoms with Crippen molar-refractivity contribution in [1.29, 1.82) is 0 Å². The molecule has 0 aromatic heterocycles. The number of hydrogen-bond acceptors (Lipinski definition) is 3. The molecule has 0 bridgehead atoms. The molecule has 0 saturated carbocycles. The van der Waals surface area contributed by atoms with E-state index in [1.807, 2.05) is 30.4 Å². The van der Waals surface area contributed by atoms with Crippen molar-refractivity contribution in [3.63, 3.8) is 0 Å². The zero-order valence-electron chi connectivity index (χ0n) is 10.2. The molecule has 19 heavy (non-hydrogen) atoms. The van der Waals surface area contributed by atoms with Gasteiger partial charge in [0.1, 0.15) is 0 Å². The van der Waals surface area contributed by atoms with Crippen molar-refractivity contribution >= 4 is 11.7 Å². The van der Waals surface area contributed by atoms with E-state index < -0.39 is 12.6 Å². The van der Waals surface area contributed by atoms with Crippen molar-refractivity contribution in [3.8, 4) is 0 Å². The Hall–Kier alpha value is -2.36. The van der Waals surface area contributed by atoms with Crippen molar-refractivity contribution in [2.75, 3.05) is 6.61 Å². The van der Waals surface area contributed by atoms with Gasteiger partial charge in [-0.2, -0.15) is 0 Å². The predicted molar refractivity (Wildman–Crippen MR) is 71.1 cm³/mol. The standard InChI is InChI=1S/C15H13NO3/c17-14(18)9-19-16-15-12-7-3-1-5-10(12)11-6-2-4-8-13(11)15/h1-8,10,12H,9H2,(H,17,18)/b16-15-/t10-,12+/m1/s1. The molecule has 1 N–H and O–H groups in total. The first-order chi connectivity index (χ1) is 9.27. The molecule has 0 amide bonds. The molecule has 0 spiro atoms. The molecule has 3 rings (SSSR count). The van der Waals surface area contributed by atoms with Crippen molar-refractivity contribution in [3.05, 3.63) is 59.7 Å². The van der Waals surface area contributed by atoms with Gasteiger partial charge in [0.2, 0.25) is 6.61 Å². The van der Waals surface area contributed by atoms with Crippen LogP contribution >= 0.6 is 0 Å². The molecule has 0 unspecified atom stereocenters. The first-order valence-corrected chi connectivity index (χ1v) is 6.13. The molecule has 0 saturated heterocycles. The Balaban J connectivity index is 1.97. The highest BCUT2D eigenvalue weighted by atomic mass is 16.6. The van der Waals surface area contributed by atoms with Crippen LogP contribution in [0.5, 0.6) is 0 Å². The lowest BCUT2D eigenvalue weighted by Crippen LogP contribution is -2.14. The normalized spacial score (nSPS) is 25.2. The number of rotatable bonds is 3. The van der Waals surface area contributed by atoms with Crippen LogP contribution in [0.1, 0.15) is 17.0 Å². The monoisotopic (exact) mass is 255 g/mol. The molecule has 1 aromatic rings. The maximum atomic E-state index is 10.5. The molecule has 1 aromatic carbocycles. The lowest BCUT2D eigenvalue weighted by atomic mass is 9.88. The molecule has 0 fully saturated rings. The van der Waals surface area contributed by atoms with Crippen LogP contribution in [0.3, 0.4) is 0 Å². The van der Waals surface area contributed by atoms with Crippen LogP contribution < -0.4 is 0 Å². The van der Waals surface area contributed by atoms with Crippen molar-refractivity contribution in [2.24, 2.45) is 11.1 Å². The second kappa shape index (κ2) is 4.72. The third-order valence-corrected chi connectivity index (χ3v) is 3.40. The molecule has 0 heterocycles. The van der Waals surface area contributed by atoms with Crippen molar-refractivity contribution in [2.45, 2.75) is 5.92 Å². The van der Waals surface area contributed by atoms with Gasteiger partial charge in [0.15, 0.2) is 0 Å². The zero-order chi connectivity index (χ0) is 13.2. The number of hydrogen-bond donors (Lipinski definition) is 1. The molecule has 4 nitrogen and oxygen atoms in total. The zero-order valence-corrected chi connectivity index (χ0v) is 10.2. The summed E-state index contributed by atoms with van der Waals surface area (Å²) in [5.74, 6) is -0.615. The summed E-state index contributed by atoms with van der Waals surface area (Å²) in [7, 11) is 0. The van der Waals surface area contributed by atoms with Gasteiger partial charge in [-0.1, -0.05) is 53.7 Å². The van der Waals surface area contributed by atoms with Gasteiger partial charge in [-0.05, 0) is 5.56 Å². The van der Waals surface area contributed by atoms with Crippen LogP contribution in [0.15, 0.2) is 53.7 Å². The number of oxime groups is 1. The minimum Gasteiger partial charge on any atom is -0.479 e. The van der Waals surface area contributed by atoms with E-state index in [1.54, 1.807) is 0 Å². The van der Waals surface area contributed by atoms with E-state index in [0.29, 0.717) is 0 Å². The first-order valence-electron chi connectivity index (χ1n) is 6.13. The molecule has 0 aliphatic heterocycles. The van der Waals surface area contributed by atoms with Crippen LogP contribution in [-0.2, 0) is 9.63 Å². The predicted octanol–water partition coefficient (Wildman–Crippen LogP) is 2.33. The maximum absolute atomic E-state index is 10.5. The number of fused-ring (bicyclic) bond motifs is 3. The largest absolute Gasteiger partial charge is 0.479 e. The molecule has 0 radical (unpaired) electrons. The van der Waals surface area contributed by atoms with Crippen LogP contribution in [0.2, 0.25) is 0 Å². The molecular weight excluding hydrogens is 242 g/mol. The Kier molecular flexibility index (Phi) is 2.91. The van der Waals surface area contributed by atoms with Gasteiger partial charge in [0.05, 0.1) is 5.71 Å². The summed E-state index contributed by atoms with van der Waals surface area (Å²) in [5.41, 5.74) is 3.06. The fourth-order valence-electron chi connectivity index (χ4n) is 2.63. The minimum absolute atomic E-state index is 0.135.